The van der Waals surface area contributed by atoms with E-state index in [1.807, 2.05) is 24.5 Å². The van der Waals surface area contributed by atoms with Crippen molar-refractivity contribution < 1.29 is 4.74 Å². The van der Waals surface area contributed by atoms with Gasteiger partial charge >= 0.3 is 5.69 Å². The topological polar surface area (TPSA) is 61.9 Å². The van der Waals surface area contributed by atoms with Crippen LogP contribution in [0.15, 0.2) is 46.1 Å². The second-order valence-electron chi connectivity index (χ2n) is 6.86. The first-order valence-electron chi connectivity index (χ1n) is 8.97. The number of nitrogens with zero attached hydrogens (tertiary/aromatic N) is 4. The summed E-state index contributed by atoms with van der Waals surface area (Å²) in [6.45, 7) is 2.48. The van der Waals surface area contributed by atoms with Crippen molar-refractivity contribution in [2.24, 2.45) is 7.05 Å². The number of aryl methyl sites for hydroxylation is 2. The third kappa shape index (κ3) is 3.51. The molecule has 4 rings (SSSR count). The molecule has 1 aliphatic rings. The van der Waals surface area contributed by atoms with E-state index in [0.29, 0.717) is 18.2 Å². The SMILES string of the molecule is CSc1cccc(-n2nnn(C)c2=O)c1COc1ccc(C)cc1C1CC1. The third-order valence-electron chi connectivity index (χ3n) is 4.83. The average molecular weight is 382 g/mol. The molecule has 0 amide bonds. The van der Waals surface area contributed by atoms with Crippen LogP contribution in [-0.4, -0.2) is 26.0 Å². The molecule has 0 saturated heterocycles. The van der Waals surface area contributed by atoms with E-state index >= 15 is 0 Å². The molecule has 0 N–H and O–H groups in total. The fourth-order valence-electron chi connectivity index (χ4n) is 3.22. The minimum atomic E-state index is -0.275. The van der Waals surface area contributed by atoms with Crippen molar-refractivity contribution in [3.05, 3.63) is 63.6 Å². The molecule has 0 atom stereocenters. The zero-order valence-corrected chi connectivity index (χ0v) is 16.5. The van der Waals surface area contributed by atoms with Gasteiger partial charge in [-0.25, -0.2) is 4.79 Å². The second kappa shape index (κ2) is 7.23. The molecule has 27 heavy (non-hydrogen) atoms. The standard InChI is InChI=1S/C20H22N4O2S/c1-13-7-10-18(15(11-13)14-8-9-14)26-12-16-17(5-4-6-19(16)27-3)24-20(25)23(2)21-22-24/h4-7,10-11,14H,8-9,12H2,1-3H3. The van der Waals surface area contributed by atoms with Gasteiger partial charge in [-0.1, -0.05) is 23.8 Å². The van der Waals surface area contributed by atoms with Crippen LogP contribution in [0.25, 0.3) is 5.69 Å². The van der Waals surface area contributed by atoms with Gasteiger partial charge in [-0.3, -0.25) is 0 Å². The Kier molecular flexibility index (Phi) is 4.78. The number of hydrogen-bond acceptors (Lipinski definition) is 5. The van der Waals surface area contributed by atoms with E-state index < -0.39 is 0 Å². The van der Waals surface area contributed by atoms with Crippen molar-refractivity contribution in [1.82, 2.24) is 19.8 Å². The monoisotopic (exact) mass is 382 g/mol. The molecular formula is C20H22N4O2S. The summed E-state index contributed by atoms with van der Waals surface area (Å²) in [5, 5.41) is 7.83. The van der Waals surface area contributed by atoms with Crippen molar-refractivity contribution in [2.45, 2.75) is 37.2 Å². The van der Waals surface area contributed by atoms with Gasteiger partial charge in [0.15, 0.2) is 0 Å². The molecule has 1 saturated carbocycles. The summed E-state index contributed by atoms with van der Waals surface area (Å²) < 4.78 is 8.80. The summed E-state index contributed by atoms with van der Waals surface area (Å²) in [6, 6.07) is 12.2. The maximum Gasteiger partial charge on any atom is 0.368 e. The molecule has 0 unspecified atom stereocenters. The summed E-state index contributed by atoms with van der Waals surface area (Å²) in [4.78, 5) is 13.4. The molecule has 0 bridgehead atoms. The highest BCUT2D eigenvalue weighted by molar-refractivity contribution is 7.98. The average Bonchev–Trinajstić information content (AvgIpc) is 3.47. The fraction of sp³-hybridized carbons (Fsp3) is 0.350. The molecule has 1 heterocycles. The first-order valence-corrected chi connectivity index (χ1v) is 10.2. The molecule has 6 nitrogen and oxygen atoms in total. The van der Waals surface area contributed by atoms with E-state index in [4.69, 9.17) is 4.74 Å². The highest BCUT2D eigenvalue weighted by atomic mass is 32.2. The number of benzene rings is 2. The molecule has 0 radical (unpaired) electrons. The Morgan fingerprint density at radius 2 is 2.04 bits per heavy atom. The fourth-order valence-corrected chi connectivity index (χ4v) is 3.84. The number of tetrazole rings is 1. The van der Waals surface area contributed by atoms with Gasteiger partial charge in [0, 0.05) is 17.5 Å². The zero-order chi connectivity index (χ0) is 19.0. The van der Waals surface area contributed by atoms with Crippen molar-refractivity contribution in [3.8, 4) is 11.4 Å². The largest absolute Gasteiger partial charge is 0.488 e. The van der Waals surface area contributed by atoms with E-state index in [9.17, 15) is 4.79 Å². The Balaban J connectivity index is 1.70. The Morgan fingerprint density at radius 3 is 2.70 bits per heavy atom. The van der Waals surface area contributed by atoms with Crippen molar-refractivity contribution in [1.29, 1.82) is 0 Å². The lowest BCUT2D eigenvalue weighted by Crippen LogP contribution is -2.23. The predicted molar refractivity (Wildman–Crippen MR) is 106 cm³/mol. The van der Waals surface area contributed by atoms with Crippen LogP contribution in [0.2, 0.25) is 0 Å². The molecular weight excluding hydrogens is 360 g/mol. The molecule has 1 aromatic heterocycles. The van der Waals surface area contributed by atoms with E-state index in [0.717, 1.165) is 16.2 Å². The van der Waals surface area contributed by atoms with E-state index in [-0.39, 0.29) is 5.69 Å². The highest BCUT2D eigenvalue weighted by Gasteiger charge is 2.27. The lowest BCUT2D eigenvalue weighted by atomic mass is 10.1. The summed E-state index contributed by atoms with van der Waals surface area (Å²) in [5.41, 5.74) is 3.91. The smallest absolute Gasteiger partial charge is 0.368 e. The first-order chi connectivity index (χ1) is 13.1. The molecule has 0 aliphatic heterocycles. The zero-order valence-electron chi connectivity index (χ0n) is 15.7. The summed E-state index contributed by atoms with van der Waals surface area (Å²) >= 11 is 1.63. The Morgan fingerprint density at radius 1 is 1.22 bits per heavy atom. The van der Waals surface area contributed by atoms with Gasteiger partial charge in [0.1, 0.15) is 12.4 Å². The Hall–Kier alpha value is -2.54. The number of thioether (sulfide) groups is 1. The quantitative estimate of drug-likeness (QED) is 0.611. The maximum atomic E-state index is 12.3. The van der Waals surface area contributed by atoms with E-state index in [1.165, 1.54) is 33.3 Å². The van der Waals surface area contributed by atoms with Crippen molar-refractivity contribution in [2.75, 3.05) is 6.26 Å². The maximum absolute atomic E-state index is 12.3. The van der Waals surface area contributed by atoms with Crippen LogP contribution in [0.1, 0.15) is 35.4 Å². The molecule has 0 spiro atoms. The van der Waals surface area contributed by atoms with Gasteiger partial charge in [0.2, 0.25) is 0 Å². The normalized spacial score (nSPS) is 13.7. The van der Waals surface area contributed by atoms with Gasteiger partial charge in [0.25, 0.3) is 0 Å². The van der Waals surface area contributed by atoms with E-state index in [1.54, 1.807) is 18.8 Å². The van der Waals surface area contributed by atoms with Crippen LogP contribution in [0.4, 0.5) is 0 Å². The minimum Gasteiger partial charge on any atom is -0.488 e. The van der Waals surface area contributed by atoms with Crippen molar-refractivity contribution in [3.63, 3.8) is 0 Å². The third-order valence-corrected chi connectivity index (χ3v) is 5.65. The molecule has 1 fully saturated rings. The van der Waals surface area contributed by atoms with Crippen LogP contribution >= 0.6 is 11.8 Å². The van der Waals surface area contributed by atoms with Crippen LogP contribution in [0, 0.1) is 6.92 Å². The van der Waals surface area contributed by atoms with Crippen molar-refractivity contribution >= 4 is 11.8 Å². The molecule has 1 aliphatic carbocycles. The van der Waals surface area contributed by atoms with Crippen LogP contribution in [0.3, 0.4) is 0 Å². The van der Waals surface area contributed by atoms with Crippen LogP contribution in [0.5, 0.6) is 5.75 Å². The molecule has 2 aromatic carbocycles. The predicted octanol–water partition coefficient (Wildman–Crippen LogP) is 3.45. The van der Waals surface area contributed by atoms with Gasteiger partial charge in [-0.05, 0) is 66.1 Å². The second-order valence-corrected chi connectivity index (χ2v) is 7.71. The first kappa shape index (κ1) is 17.9. The number of aromatic nitrogens is 4. The molecule has 140 valence electrons. The summed E-state index contributed by atoms with van der Waals surface area (Å²) in [7, 11) is 1.59. The number of rotatable bonds is 6. The number of hydrogen-bond donors (Lipinski definition) is 0. The highest BCUT2D eigenvalue weighted by Crippen LogP contribution is 2.45. The Labute approximate surface area is 162 Å². The van der Waals surface area contributed by atoms with Gasteiger partial charge in [-0.15, -0.1) is 11.8 Å². The van der Waals surface area contributed by atoms with Gasteiger partial charge in [0.05, 0.1) is 5.69 Å². The molecule has 7 heteroatoms. The van der Waals surface area contributed by atoms with Gasteiger partial charge in [-0.2, -0.15) is 9.36 Å². The summed E-state index contributed by atoms with van der Waals surface area (Å²) in [6.07, 6.45) is 4.46. The van der Waals surface area contributed by atoms with Crippen LogP contribution < -0.4 is 10.4 Å². The van der Waals surface area contributed by atoms with Crippen LogP contribution in [-0.2, 0) is 13.7 Å². The van der Waals surface area contributed by atoms with E-state index in [2.05, 4.69) is 35.5 Å². The number of ether oxygens (including phenoxy) is 1. The Bertz CT molecular complexity index is 1040. The summed E-state index contributed by atoms with van der Waals surface area (Å²) in [5.74, 6) is 1.54. The minimum absolute atomic E-state index is 0.275. The molecule has 3 aromatic rings. The lowest BCUT2D eigenvalue weighted by molar-refractivity contribution is 0.299. The lowest BCUT2D eigenvalue weighted by Gasteiger charge is -2.16. The van der Waals surface area contributed by atoms with Gasteiger partial charge < -0.3 is 4.74 Å².